The highest BCUT2D eigenvalue weighted by molar-refractivity contribution is 4.77. The first-order valence-electron chi connectivity index (χ1n) is 34.5. The van der Waals surface area contributed by atoms with Gasteiger partial charge in [-0.25, -0.2) is 0 Å². The third-order valence-corrected chi connectivity index (χ3v) is 13.6. The molecule has 0 saturated carbocycles. The lowest BCUT2D eigenvalue weighted by molar-refractivity contribution is -0.0564. The average molecular weight is 1330 g/mol. The quantitative estimate of drug-likeness (QED) is 0.0298. The molecule has 0 aromatic carbocycles. The first-order valence-corrected chi connectivity index (χ1v) is 34.5. The van der Waals surface area contributed by atoms with Gasteiger partial charge in [-0.05, 0) is 162 Å². The highest BCUT2D eigenvalue weighted by Crippen LogP contribution is 2.23. The summed E-state index contributed by atoms with van der Waals surface area (Å²) in [5.41, 5.74) is -1.47. The van der Waals surface area contributed by atoms with Crippen LogP contribution in [0.1, 0.15) is 271 Å². The molecule has 566 valence electrons. The Balaban J connectivity index is -0.000000100. The second-order valence-corrected chi connectivity index (χ2v) is 31.5. The number of aliphatic hydroxyl groups is 19. The van der Waals surface area contributed by atoms with Crippen LogP contribution in [0.4, 0.5) is 0 Å². The van der Waals surface area contributed by atoms with Crippen LogP contribution >= 0.6 is 0 Å². The van der Waals surface area contributed by atoms with Crippen LogP contribution in [0.2, 0.25) is 0 Å². The summed E-state index contributed by atoms with van der Waals surface area (Å²) in [7, 11) is 0. The molecule has 0 rings (SSSR count). The van der Waals surface area contributed by atoms with Crippen LogP contribution in [0.5, 0.6) is 0 Å². The van der Waals surface area contributed by atoms with E-state index in [1.807, 2.05) is 96.9 Å². The maximum Gasteiger partial charge on any atom is 0.0851 e. The van der Waals surface area contributed by atoms with Crippen molar-refractivity contribution < 1.29 is 97.0 Å². The van der Waals surface area contributed by atoms with Crippen LogP contribution in [0, 0.1) is 75.9 Å². The van der Waals surface area contributed by atoms with Crippen molar-refractivity contribution in [2.75, 3.05) is 59.5 Å². The zero-order chi connectivity index (χ0) is 74.8. The molecule has 0 aromatic heterocycles. The highest BCUT2D eigenvalue weighted by Gasteiger charge is 2.25. The van der Waals surface area contributed by atoms with Gasteiger partial charge in [-0.15, -0.1) is 0 Å². The van der Waals surface area contributed by atoms with E-state index in [0.29, 0.717) is 85.9 Å². The Morgan fingerprint density at radius 2 is 0.725 bits per heavy atom. The van der Waals surface area contributed by atoms with E-state index in [-0.39, 0.29) is 100 Å². The zero-order valence-electron chi connectivity index (χ0n) is 64.3. The van der Waals surface area contributed by atoms with E-state index in [0.717, 1.165) is 38.5 Å². The van der Waals surface area contributed by atoms with Gasteiger partial charge in [0.15, 0.2) is 0 Å². The summed E-state index contributed by atoms with van der Waals surface area (Å²) in [5.74, 6) is 4.20. The molecule has 19 nitrogen and oxygen atoms in total. The number of hydrogen-bond acceptors (Lipinski definition) is 19. The first-order chi connectivity index (χ1) is 41.1. The van der Waals surface area contributed by atoms with Crippen LogP contribution in [-0.4, -0.2) is 217 Å². The second kappa shape index (κ2) is 67.8. The number of rotatable bonds is 32. The van der Waals surface area contributed by atoms with Crippen LogP contribution in [0.25, 0.3) is 0 Å². The molecule has 0 bridgehead atoms. The van der Waals surface area contributed by atoms with Crippen LogP contribution < -0.4 is 0 Å². The molecule has 0 aliphatic heterocycles. The maximum absolute atomic E-state index is 9.38. The summed E-state index contributed by atoms with van der Waals surface area (Å²) in [5, 5.41) is 168. The summed E-state index contributed by atoms with van der Waals surface area (Å²) in [6.07, 6.45) is 5.73. The van der Waals surface area contributed by atoms with Gasteiger partial charge < -0.3 is 97.0 Å². The van der Waals surface area contributed by atoms with E-state index in [1.165, 1.54) is 0 Å². The van der Waals surface area contributed by atoms with Crippen molar-refractivity contribution >= 4 is 0 Å². The van der Waals surface area contributed by atoms with E-state index in [9.17, 15) is 25.5 Å². The largest absolute Gasteiger partial charge is 0.396 e. The van der Waals surface area contributed by atoms with Gasteiger partial charge in [-0.3, -0.25) is 0 Å². The lowest BCUT2D eigenvalue weighted by Gasteiger charge is -2.25. The Bertz CT molecular complexity index is 1370. The van der Waals surface area contributed by atoms with Gasteiger partial charge in [0.25, 0.3) is 0 Å². The molecular weight excluding hydrogens is 1170 g/mol. The molecule has 19 heteroatoms. The molecule has 0 radical (unpaired) electrons. The van der Waals surface area contributed by atoms with Crippen molar-refractivity contribution in [3.63, 3.8) is 0 Å². The summed E-state index contributed by atoms with van der Waals surface area (Å²) < 4.78 is 0. The van der Waals surface area contributed by atoms with Gasteiger partial charge in [0.2, 0.25) is 0 Å². The number of aliphatic hydroxyl groups excluding tert-OH is 17. The van der Waals surface area contributed by atoms with Gasteiger partial charge in [-0.1, -0.05) is 173 Å². The average Bonchev–Trinajstić information content (AvgIpc) is 3.40. The summed E-state index contributed by atoms with van der Waals surface area (Å²) in [6, 6.07) is 0. The Morgan fingerprint density at radius 3 is 0.890 bits per heavy atom. The van der Waals surface area contributed by atoms with E-state index >= 15 is 0 Å². The fraction of sp³-hybridized carbons (Fsp3) is 1.00. The van der Waals surface area contributed by atoms with E-state index < -0.39 is 47.8 Å². The second-order valence-electron chi connectivity index (χ2n) is 31.5. The lowest BCUT2D eigenvalue weighted by Crippen LogP contribution is -2.36. The Morgan fingerprint density at radius 1 is 0.330 bits per heavy atom. The zero-order valence-corrected chi connectivity index (χ0v) is 64.3. The maximum atomic E-state index is 9.38. The summed E-state index contributed by atoms with van der Waals surface area (Å²) in [4.78, 5) is 0. The van der Waals surface area contributed by atoms with Gasteiger partial charge in [0.05, 0.1) is 86.5 Å². The van der Waals surface area contributed by atoms with Crippen molar-refractivity contribution in [3.8, 4) is 0 Å². The van der Waals surface area contributed by atoms with Crippen molar-refractivity contribution in [3.05, 3.63) is 0 Å². The van der Waals surface area contributed by atoms with Gasteiger partial charge in [0.1, 0.15) is 0 Å². The van der Waals surface area contributed by atoms with Crippen molar-refractivity contribution in [1.29, 1.82) is 0 Å². The smallest absolute Gasteiger partial charge is 0.0851 e. The Kier molecular flexibility index (Phi) is 83.2. The molecule has 0 aromatic rings. The standard InChI is InChI=1S/C9H20O.2C8H18O2.5C7H16O2.2C6H14O2/c1-5-6-8(10)7-9(2,3)4;1-6(9)7(10)5-8(2,3)4;1-6(2)5-7(9)8(3,4)10;1-6(2)4-7(3,9)5-8;1-6(2)3-7(4-8)5-9;1-5(2)6(3)7(9)4-8;1-6(2)5-7(9)3-4-8;1-6(2)3-4-7(9)5-8;1-5(2)6(3-7)4-8;1-5(2)3-6(8)4-7/h8,10H,5-7H2,1-4H3;2*6-7,9-10H,5H2,1-4H3;6,8-9H,4-5H2,1-3H3;6-9H,3-5H2,1-2H3;5-9H,4H2,1-3H3;2*6-9H,3-5H2,1-2H3;2*5-8H,3-4H2,1-2H3. The van der Waals surface area contributed by atoms with Gasteiger partial charge >= 0.3 is 0 Å². The molecule has 0 amide bonds. The Hall–Kier alpha value is -0.760. The van der Waals surface area contributed by atoms with Crippen LogP contribution in [0.15, 0.2) is 0 Å². The topological polar surface area (TPSA) is 384 Å². The normalized spacial score (nSPS) is 15.3. The monoisotopic (exact) mass is 1330 g/mol. The molecule has 19 N–H and O–H groups in total. The van der Waals surface area contributed by atoms with Crippen LogP contribution in [0.3, 0.4) is 0 Å². The molecular formula is C72H164O19. The van der Waals surface area contributed by atoms with Gasteiger partial charge in [-0.2, -0.15) is 0 Å². The molecule has 10 unspecified atom stereocenters. The lowest BCUT2D eigenvalue weighted by atomic mass is 9.88. The summed E-state index contributed by atoms with van der Waals surface area (Å²) >= 11 is 0. The molecule has 0 heterocycles. The minimum absolute atomic E-state index is 0.0648. The molecule has 91 heavy (non-hydrogen) atoms. The molecule has 10 atom stereocenters. The molecule has 0 saturated heterocycles. The van der Waals surface area contributed by atoms with Gasteiger partial charge in [0, 0.05) is 44.9 Å². The van der Waals surface area contributed by atoms with Crippen molar-refractivity contribution in [1.82, 2.24) is 0 Å². The molecule has 0 spiro atoms. The highest BCUT2D eigenvalue weighted by atomic mass is 16.3. The minimum Gasteiger partial charge on any atom is -0.396 e. The third-order valence-electron chi connectivity index (χ3n) is 13.6. The molecule has 0 aliphatic rings. The predicted octanol–water partition coefficient (Wildman–Crippen LogP) is 9.13. The Labute approximate surface area is 561 Å². The van der Waals surface area contributed by atoms with E-state index in [1.54, 1.807) is 27.7 Å². The first kappa shape index (κ1) is 112. The fourth-order valence-electron chi connectivity index (χ4n) is 7.63. The minimum atomic E-state index is -0.954. The predicted molar refractivity (Wildman–Crippen MR) is 379 cm³/mol. The molecule has 0 aliphatic carbocycles. The van der Waals surface area contributed by atoms with E-state index in [4.69, 9.17) is 71.5 Å². The van der Waals surface area contributed by atoms with Crippen molar-refractivity contribution in [2.24, 2.45) is 75.9 Å². The van der Waals surface area contributed by atoms with E-state index in [2.05, 4.69) is 69.2 Å². The fourth-order valence-corrected chi connectivity index (χ4v) is 7.63. The number of hydrogen-bond donors (Lipinski definition) is 19. The SMILES string of the molecule is CC(C)C(C)C(O)CO.CC(C)C(CO)CO.CC(C)CC(C)(O)CO.CC(C)CC(CO)CO.CC(C)CC(O)C(C)(C)O.CC(C)CC(O)CCO.CC(C)CC(O)CO.CC(C)CCC(O)CO.CC(O)C(O)CC(C)(C)C.CCCC(O)CC(C)(C)C. The summed E-state index contributed by atoms with van der Waals surface area (Å²) in [6.45, 7) is 55.7. The van der Waals surface area contributed by atoms with Crippen molar-refractivity contribution in [2.45, 2.75) is 331 Å². The van der Waals surface area contributed by atoms with Crippen LogP contribution in [-0.2, 0) is 0 Å². The molecule has 0 fully saturated rings. The third kappa shape index (κ3) is 105.